The fourth-order valence-corrected chi connectivity index (χ4v) is 4.61. The van der Waals surface area contributed by atoms with Crippen molar-refractivity contribution in [3.05, 3.63) is 35.4 Å². The van der Waals surface area contributed by atoms with Gasteiger partial charge >= 0.3 is 0 Å². The SMILES string of the molecule is CSCCC(C(=O)N1CCC2(CC1)OCCO2)N1C(=O)c2ccccc2C1=O. The monoisotopic (exact) mass is 404 g/mol. The summed E-state index contributed by atoms with van der Waals surface area (Å²) < 4.78 is 11.5. The second-order valence-electron chi connectivity index (χ2n) is 7.26. The second-order valence-corrected chi connectivity index (χ2v) is 8.24. The van der Waals surface area contributed by atoms with Crippen LogP contribution in [0.3, 0.4) is 0 Å². The standard InChI is InChI=1S/C20H24N2O5S/c1-28-13-6-16(22-17(23)14-4-2-3-5-15(14)18(22)24)19(25)21-9-7-20(8-10-21)26-11-12-27-20/h2-5,16H,6-13H2,1H3. The number of benzene rings is 1. The maximum Gasteiger partial charge on any atom is 0.262 e. The molecular formula is C20H24N2O5S. The summed E-state index contributed by atoms with van der Waals surface area (Å²) in [4.78, 5) is 42.0. The quantitative estimate of drug-likeness (QED) is 0.697. The fraction of sp³-hybridized carbons (Fsp3) is 0.550. The van der Waals surface area contributed by atoms with E-state index in [1.54, 1.807) is 40.9 Å². The Labute approximate surface area is 168 Å². The zero-order valence-electron chi connectivity index (χ0n) is 15.9. The van der Waals surface area contributed by atoms with Gasteiger partial charge in [0.05, 0.1) is 24.3 Å². The van der Waals surface area contributed by atoms with Gasteiger partial charge in [0.1, 0.15) is 6.04 Å². The first-order chi connectivity index (χ1) is 13.6. The van der Waals surface area contributed by atoms with Crippen molar-refractivity contribution in [2.24, 2.45) is 0 Å². The number of thioether (sulfide) groups is 1. The first-order valence-electron chi connectivity index (χ1n) is 9.59. The molecule has 3 aliphatic rings. The predicted molar refractivity (Wildman–Crippen MR) is 104 cm³/mol. The number of rotatable bonds is 5. The van der Waals surface area contributed by atoms with Crippen LogP contribution >= 0.6 is 11.8 Å². The lowest BCUT2D eigenvalue weighted by atomic mass is 10.0. The van der Waals surface area contributed by atoms with E-state index in [1.807, 2.05) is 6.26 Å². The summed E-state index contributed by atoms with van der Waals surface area (Å²) in [5.41, 5.74) is 0.750. The van der Waals surface area contributed by atoms with Gasteiger partial charge < -0.3 is 14.4 Å². The van der Waals surface area contributed by atoms with Crippen LogP contribution in [-0.4, -0.2) is 77.7 Å². The van der Waals surface area contributed by atoms with E-state index < -0.39 is 11.8 Å². The highest BCUT2D eigenvalue weighted by Crippen LogP contribution is 2.33. The van der Waals surface area contributed by atoms with Crippen LogP contribution in [0.2, 0.25) is 0 Å². The van der Waals surface area contributed by atoms with Gasteiger partial charge in [-0.2, -0.15) is 11.8 Å². The lowest BCUT2D eigenvalue weighted by molar-refractivity contribution is -0.188. The van der Waals surface area contributed by atoms with E-state index in [2.05, 4.69) is 0 Å². The molecule has 1 aromatic rings. The number of fused-ring (bicyclic) bond motifs is 1. The molecule has 0 N–H and O–H groups in total. The van der Waals surface area contributed by atoms with E-state index in [-0.39, 0.29) is 17.7 Å². The Morgan fingerprint density at radius 1 is 1.11 bits per heavy atom. The average molecular weight is 404 g/mol. The molecule has 3 heterocycles. The molecule has 4 rings (SSSR count). The van der Waals surface area contributed by atoms with E-state index in [0.29, 0.717) is 62.4 Å². The Hall–Kier alpha value is -1.90. The number of likely N-dealkylation sites (tertiary alicyclic amines) is 1. The second kappa shape index (κ2) is 7.85. The normalized spacial score (nSPS) is 22.0. The van der Waals surface area contributed by atoms with Crippen molar-refractivity contribution in [2.45, 2.75) is 31.1 Å². The summed E-state index contributed by atoms with van der Waals surface area (Å²) in [5, 5.41) is 0. The predicted octanol–water partition coefficient (Wildman–Crippen LogP) is 1.77. The summed E-state index contributed by atoms with van der Waals surface area (Å²) in [6.07, 6.45) is 3.61. The zero-order chi connectivity index (χ0) is 19.7. The lowest BCUT2D eigenvalue weighted by Crippen LogP contribution is -2.55. The number of hydrogen-bond donors (Lipinski definition) is 0. The van der Waals surface area contributed by atoms with Crippen molar-refractivity contribution < 1.29 is 23.9 Å². The molecule has 3 aliphatic heterocycles. The summed E-state index contributed by atoms with van der Waals surface area (Å²) in [7, 11) is 0. The van der Waals surface area contributed by atoms with E-state index in [1.165, 1.54) is 0 Å². The lowest BCUT2D eigenvalue weighted by Gasteiger charge is -2.39. The largest absolute Gasteiger partial charge is 0.347 e. The first-order valence-corrected chi connectivity index (χ1v) is 11.0. The highest BCUT2D eigenvalue weighted by molar-refractivity contribution is 7.98. The van der Waals surface area contributed by atoms with Crippen molar-refractivity contribution >= 4 is 29.5 Å². The molecule has 1 unspecified atom stereocenters. The Bertz CT molecular complexity index is 748. The van der Waals surface area contributed by atoms with Crippen LogP contribution in [0.1, 0.15) is 40.0 Å². The van der Waals surface area contributed by atoms with Crippen LogP contribution in [-0.2, 0) is 14.3 Å². The Morgan fingerprint density at radius 3 is 2.21 bits per heavy atom. The van der Waals surface area contributed by atoms with Gasteiger partial charge in [-0.3, -0.25) is 19.3 Å². The zero-order valence-corrected chi connectivity index (χ0v) is 16.7. The Balaban J connectivity index is 1.53. The number of nitrogens with zero attached hydrogens (tertiary/aromatic N) is 2. The van der Waals surface area contributed by atoms with E-state index in [0.717, 1.165) is 4.90 Å². The fourth-order valence-electron chi connectivity index (χ4n) is 4.15. The molecular weight excluding hydrogens is 380 g/mol. The van der Waals surface area contributed by atoms with Crippen LogP contribution < -0.4 is 0 Å². The maximum atomic E-state index is 13.3. The number of imide groups is 1. The van der Waals surface area contributed by atoms with Crippen molar-refractivity contribution in [1.82, 2.24) is 9.80 Å². The maximum absolute atomic E-state index is 13.3. The molecule has 2 saturated heterocycles. The van der Waals surface area contributed by atoms with E-state index >= 15 is 0 Å². The van der Waals surface area contributed by atoms with Crippen LogP contribution in [0.25, 0.3) is 0 Å². The molecule has 28 heavy (non-hydrogen) atoms. The van der Waals surface area contributed by atoms with Gasteiger partial charge in [-0.25, -0.2) is 0 Å². The Morgan fingerprint density at radius 2 is 1.68 bits per heavy atom. The molecule has 1 spiro atoms. The van der Waals surface area contributed by atoms with Gasteiger partial charge in [-0.15, -0.1) is 0 Å². The minimum Gasteiger partial charge on any atom is -0.347 e. The molecule has 1 aromatic carbocycles. The van der Waals surface area contributed by atoms with Gasteiger partial charge in [-0.1, -0.05) is 12.1 Å². The molecule has 1 atom stereocenters. The van der Waals surface area contributed by atoms with Crippen LogP contribution in [0, 0.1) is 0 Å². The molecule has 3 amide bonds. The third kappa shape index (κ3) is 3.33. The average Bonchev–Trinajstić information content (AvgIpc) is 3.27. The van der Waals surface area contributed by atoms with E-state index in [4.69, 9.17) is 9.47 Å². The number of carbonyl (C=O) groups is 3. The Kier molecular flexibility index (Phi) is 5.44. The molecule has 0 aliphatic carbocycles. The van der Waals surface area contributed by atoms with Gasteiger partial charge in [0.25, 0.3) is 11.8 Å². The van der Waals surface area contributed by atoms with Crippen molar-refractivity contribution in [3.63, 3.8) is 0 Å². The third-order valence-corrected chi connectivity index (χ3v) is 6.31. The van der Waals surface area contributed by atoms with Gasteiger partial charge in [0.15, 0.2) is 5.79 Å². The van der Waals surface area contributed by atoms with Gasteiger partial charge in [0, 0.05) is 25.9 Å². The summed E-state index contributed by atoms with van der Waals surface area (Å²) in [5.74, 6) is -0.808. The number of hydrogen-bond acceptors (Lipinski definition) is 6. The smallest absolute Gasteiger partial charge is 0.262 e. The van der Waals surface area contributed by atoms with Gasteiger partial charge in [-0.05, 0) is 30.6 Å². The van der Waals surface area contributed by atoms with Gasteiger partial charge in [0.2, 0.25) is 5.91 Å². The van der Waals surface area contributed by atoms with Crippen molar-refractivity contribution in [2.75, 3.05) is 38.3 Å². The summed E-state index contributed by atoms with van der Waals surface area (Å²) in [6.45, 7) is 2.16. The minimum atomic E-state index is -0.778. The van der Waals surface area contributed by atoms with Crippen LogP contribution in [0.5, 0.6) is 0 Å². The number of ether oxygens (including phenoxy) is 2. The molecule has 150 valence electrons. The minimum absolute atomic E-state index is 0.170. The molecule has 0 aromatic heterocycles. The highest BCUT2D eigenvalue weighted by atomic mass is 32.2. The molecule has 0 bridgehead atoms. The van der Waals surface area contributed by atoms with Crippen molar-refractivity contribution in [3.8, 4) is 0 Å². The topological polar surface area (TPSA) is 76.2 Å². The number of amides is 3. The molecule has 7 nitrogen and oxygen atoms in total. The number of carbonyl (C=O) groups excluding carboxylic acids is 3. The number of piperidine rings is 1. The van der Waals surface area contributed by atoms with E-state index in [9.17, 15) is 14.4 Å². The summed E-state index contributed by atoms with van der Waals surface area (Å²) >= 11 is 1.59. The molecule has 8 heteroatoms. The van der Waals surface area contributed by atoms with Crippen LogP contribution in [0.4, 0.5) is 0 Å². The highest BCUT2D eigenvalue weighted by Gasteiger charge is 2.46. The molecule has 0 radical (unpaired) electrons. The summed E-state index contributed by atoms with van der Waals surface area (Å²) in [6, 6.07) is 5.98. The molecule has 2 fully saturated rings. The van der Waals surface area contributed by atoms with Crippen molar-refractivity contribution in [1.29, 1.82) is 0 Å². The first kappa shape index (κ1) is 19.4. The molecule has 0 saturated carbocycles. The third-order valence-electron chi connectivity index (χ3n) is 5.67. The van der Waals surface area contributed by atoms with Crippen LogP contribution in [0.15, 0.2) is 24.3 Å².